The maximum atomic E-state index is 13.4. The molecule has 5 rings (SSSR count). The molecule has 9 heteroatoms. The normalized spacial score (nSPS) is 17.6. The van der Waals surface area contributed by atoms with Crippen LogP contribution < -0.4 is 9.64 Å². The van der Waals surface area contributed by atoms with Gasteiger partial charge in [0.15, 0.2) is 5.13 Å². The highest BCUT2D eigenvalue weighted by Crippen LogP contribution is 2.46. The van der Waals surface area contributed by atoms with E-state index in [-0.39, 0.29) is 21.9 Å². The van der Waals surface area contributed by atoms with E-state index in [2.05, 4.69) is 24.9 Å². The van der Waals surface area contributed by atoms with Gasteiger partial charge in [-0.15, -0.1) is 11.3 Å². The summed E-state index contributed by atoms with van der Waals surface area (Å²) in [6.07, 6.45) is 0. The molecule has 1 fully saturated rings. The SMILES string of the molecule is COc1ccc(Cl)c(/C(O)=C2\C(=O)C(=O)N(c3nc4ccc(C(C)C)cc4s3)C2c2cccs2)c1. The average molecular weight is 525 g/mol. The number of ketones is 1. The number of anilines is 1. The highest BCUT2D eigenvalue weighted by Gasteiger charge is 2.48. The molecule has 2 aromatic carbocycles. The van der Waals surface area contributed by atoms with Gasteiger partial charge in [-0.25, -0.2) is 4.98 Å². The lowest BCUT2D eigenvalue weighted by Crippen LogP contribution is -2.28. The van der Waals surface area contributed by atoms with Gasteiger partial charge in [0.25, 0.3) is 5.78 Å². The molecular weight excluding hydrogens is 504 g/mol. The Morgan fingerprint density at radius 3 is 2.66 bits per heavy atom. The quantitative estimate of drug-likeness (QED) is 0.177. The maximum Gasteiger partial charge on any atom is 0.301 e. The second kappa shape index (κ2) is 9.11. The Kier molecular flexibility index (Phi) is 6.13. The van der Waals surface area contributed by atoms with Gasteiger partial charge < -0.3 is 9.84 Å². The second-order valence-corrected chi connectivity index (χ2v) is 10.8. The molecule has 2 aromatic heterocycles. The molecule has 35 heavy (non-hydrogen) atoms. The lowest BCUT2D eigenvalue weighted by atomic mass is 9.99. The van der Waals surface area contributed by atoms with Crippen LogP contribution in [-0.4, -0.2) is 28.9 Å². The Morgan fingerprint density at radius 2 is 1.97 bits per heavy atom. The molecule has 1 amide bonds. The molecule has 1 aliphatic rings. The van der Waals surface area contributed by atoms with Gasteiger partial charge in [0, 0.05) is 10.4 Å². The van der Waals surface area contributed by atoms with Crippen molar-refractivity contribution < 1.29 is 19.4 Å². The first kappa shape index (κ1) is 23.5. The lowest BCUT2D eigenvalue weighted by Gasteiger charge is -2.21. The fourth-order valence-corrected chi connectivity index (χ4v) is 6.17. The Labute approximate surface area is 215 Å². The van der Waals surface area contributed by atoms with E-state index in [9.17, 15) is 14.7 Å². The third kappa shape index (κ3) is 4.01. The number of rotatable bonds is 5. The Bertz CT molecular complexity index is 1490. The van der Waals surface area contributed by atoms with Crippen LogP contribution in [0.25, 0.3) is 16.0 Å². The van der Waals surface area contributed by atoms with E-state index in [1.807, 2.05) is 29.6 Å². The van der Waals surface area contributed by atoms with E-state index in [0.717, 1.165) is 20.7 Å². The summed E-state index contributed by atoms with van der Waals surface area (Å²) >= 11 is 9.10. The van der Waals surface area contributed by atoms with Gasteiger partial charge in [-0.3, -0.25) is 14.5 Å². The number of ether oxygens (including phenoxy) is 1. The summed E-state index contributed by atoms with van der Waals surface area (Å²) in [6, 6.07) is 13.6. The van der Waals surface area contributed by atoms with Crippen molar-refractivity contribution in [1.82, 2.24) is 4.98 Å². The highest BCUT2D eigenvalue weighted by atomic mass is 35.5. The fourth-order valence-electron chi connectivity index (χ4n) is 4.09. The molecule has 1 saturated heterocycles. The lowest BCUT2D eigenvalue weighted by molar-refractivity contribution is -0.132. The van der Waals surface area contributed by atoms with Crippen molar-refractivity contribution in [3.8, 4) is 5.75 Å². The van der Waals surface area contributed by atoms with E-state index >= 15 is 0 Å². The number of carbonyl (C=O) groups is 2. The average Bonchev–Trinajstić information content (AvgIpc) is 3.57. The van der Waals surface area contributed by atoms with Crippen LogP contribution in [0.15, 0.2) is 59.5 Å². The number of fused-ring (bicyclic) bond motifs is 1. The van der Waals surface area contributed by atoms with Gasteiger partial charge in [0.1, 0.15) is 17.6 Å². The van der Waals surface area contributed by atoms with Crippen molar-refractivity contribution in [3.05, 3.63) is 80.5 Å². The molecule has 0 spiro atoms. The van der Waals surface area contributed by atoms with Gasteiger partial charge in [-0.05, 0) is 53.3 Å². The molecule has 4 aromatic rings. The van der Waals surface area contributed by atoms with Crippen LogP contribution in [0.2, 0.25) is 5.02 Å². The third-order valence-corrected chi connectivity index (χ3v) is 8.23. The minimum atomic E-state index is -0.831. The number of methoxy groups -OCH3 is 1. The number of aliphatic hydroxyl groups excluding tert-OH is 1. The second-order valence-electron chi connectivity index (χ2n) is 8.41. The molecule has 1 unspecified atom stereocenters. The van der Waals surface area contributed by atoms with E-state index < -0.39 is 17.7 Å². The van der Waals surface area contributed by atoms with Crippen molar-refractivity contribution in [3.63, 3.8) is 0 Å². The van der Waals surface area contributed by atoms with E-state index in [1.165, 1.54) is 34.7 Å². The van der Waals surface area contributed by atoms with Crippen LogP contribution in [0.3, 0.4) is 0 Å². The minimum absolute atomic E-state index is 0.0327. The van der Waals surface area contributed by atoms with Crippen LogP contribution in [0.5, 0.6) is 5.75 Å². The summed E-state index contributed by atoms with van der Waals surface area (Å²) < 4.78 is 6.18. The summed E-state index contributed by atoms with van der Waals surface area (Å²) in [5.41, 5.74) is 2.10. The number of aromatic nitrogens is 1. The van der Waals surface area contributed by atoms with Gasteiger partial charge in [-0.2, -0.15) is 0 Å². The van der Waals surface area contributed by atoms with Crippen LogP contribution >= 0.6 is 34.3 Å². The number of halogens is 1. The number of hydrogen-bond donors (Lipinski definition) is 1. The van der Waals surface area contributed by atoms with Crippen molar-refractivity contribution in [2.75, 3.05) is 12.0 Å². The number of amides is 1. The molecule has 0 bridgehead atoms. The van der Waals surface area contributed by atoms with Gasteiger partial charge >= 0.3 is 5.91 Å². The zero-order chi connectivity index (χ0) is 24.9. The summed E-state index contributed by atoms with van der Waals surface area (Å²) in [7, 11) is 1.50. The number of hydrogen-bond acceptors (Lipinski definition) is 7. The summed E-state index contributed by atoms with van der Waals surface area (Å²) in [5.74, 6) is -1.08. The van der Waals surface area contributed by atoms with Crippen molar-refractivity contribution in [2.24, 2.45) is 0 Å². The molecule has 6 nitrogen and oxygen atoms in total. The van der Waals surface area contributed by atoms with E-state index in [1.54, 1.807) is 18.2 Å². The third-order valence-electron chi connectivity index (χ3n) is 5.96. The molecule has 178 valence electrons. The standard InChI is InChI=1S/C26H21ClN2O4S2/c1-13(2)14-6-9-18-20(11-14)35-26(28-18)29-22(19-5-4-10-34-19)21(24(31)25(29)32)23(30)16-12-15(33-3)7-8-17(16)27/h4-13,22,30H,1-3H3/b23-21+. The van der Waals surface area contributed by atoms with Crippen LogP contribution in [0.1, 0.15) is 41.8 Å². The molecule has 1 N–H and O–H groups in total. The predicted molar refractivity (Wildman–Crippen MR) is 141 cm³/mol. The van der Waals surface area contributed by atoms with E-state index in [0.29, 0.717) is 16.8 Å². The van der Waals surface area contributed by atoms with Crippen molar-refractivity contribution in [1.29, 1.82) is 0 Å². The maximum absolute atomic E-state index is 13.4. The number of thiazole rings is 1. The summed E-state index contributed by atoms with van der Waals surface area (Å²) in [4.78, 5) is 33.5. The van der Waals surface area contributed by atoms with Gasteiger partial charge in [-0.1, -0.05) is 48.9 Å². The summed E-state index contributed by atoms with van der Waals surface area (Å²) in [5, 5.41) is 13.8. The van der Waals surface area contributed by atoms with Crippen LogP contribution in [-0.2, 0) is 9.59 Å². The zero-order valence-corrected chi connectivity index (χ0v) is 21.5. The largest absolute Gasteiger partial charge is 0.507 e. The zero-order valence-electron chi connectivity index (χ0n) is 19.1. The van der Waals surface area contributed by atoms with Crippen molar-refractivity contribution in [2.45, 2.75) is 25.8 Å². The molecule has 0 radical (unpaired) electrons. The Hall–Kier alpha value is -3.20. The molecule has 0 aliphatic carbocycles. The first-order valence-electron chi connectivity index (χ1n) is 10.9. The summed E-state index contributed by atoms with van der Waals surface area (Å²) in [6.45, 7) is 4.23. The van der Waals surface area contributed by atoms with Gasteiger partial charge in [0.05, 0.1) is 27.9 Å². The van der Waals surface area contributed by atoms with Crippen LogP contribution in [0, 0.1) is 0 Å². The smallest absolute Gasteiger partial charge is 0.301 e. The fraction of sp³-hybridized carbons (Fsp3) is 0.192. The molecular formula is C26H21ClN2O4S2. The first-order valence-corrected chi connectivity index (χ1v) is 13.0. The molecule has 3 heterocycles. The predicted octanol–water partition coefficient (Wildman–Crippen LogP) is 6.77. The Balaban J connectivity index is 1.70. The Morgan fingerprint density at radius 1 is 1.17 bits per heavy atom. The topological polar surface area (TPSA) is 79.7 Å². The number of benzene rings is 2. The first-order chi connectivity index (χ1) is 16.8. The number of thiophene rings is 1. The highest BCUT2D eigenvalue weighted by molar-refractivity contribution is 7.22. The molecule has 1 aliphatic heterocycles. The number of nitrogens with zero attached hydrogens (tertiary/aromatic N) is 2. The van der Waals surface area contributed by atoms with Gasteiger partial charge in [0.2, 0.25) is 0 Å². The minimum Gasteiger partial charge on any atom is -0.507 e. The number of Topliss-reactive ketones (excluding diaryl/α,β-unsaturated/α-hetero) is 1. The van der Waals surface area contributed by atoms with E-state index in [4.69, 9.17) is 16.3 Å². The molecule has 1 atom stereocenters. The molecule has 0 saturated carbocycles. The number of carbonyl (C=O) groups excluding carboxylic acids is 2. The monoisotopic (exact) mass is 524 g/mol. The van der Waals surface area contributed by atoms with Crippen LogP contribution in [0.4, 0.5) is 5.13 Å². The van der Waals surface area contributed by atoms with Crippen molar-refractivity contribution >= 4 is 67.1 Å². The number of aliphatic hydroxyl groups is 1.